The Morgan fingerprint density at radius 3 is 2.59 bits per heavy atom. The van der Waals surface area contributed by atoms with Crippen LogP contribution in [0, 0.1) is 12.8 Å². The van der Waals surface area contributed by atoms with E-state index in [9.17, 15) is 9.90 Å². The minimum absolute atomic E-state index is 0.0597. The maximum Gasteiger partial charge on any atom is 0.255 e. The van der Waals surface area contributed by atoms with Gasteiger partial charge in [-0.25, -0.2) is 4.68 Å². The van der Waals surface area contributed by atoms with E-state index in [2.05, 4.69) is 24.3 Å². The molecule has 0 aliphatic heterocycles. The number of nitrogens with zero attached hydrogens (tertiary/aromatic N) is 2. The first-order chi connectivity index (χ1) is 10.5. The molecule has 1 amide bonds. The molecule has 2 N–H and O–H groups in total. The Kier molecular flexibility index (Phi) is 5.33. The predicted molar refractivity (Wildman–Crippen MR) is 86.1 cm³/mol. The van der Waals surface area contributed by atoms with Gasteiger partial charge in [-0.15, -0.1) is 0 Å². The minimum atomic E-state index is -0.230. The second kappa shape index (κ2) is 7.22. The summed E-state index contributed by atoms with van der Waals surface area (Å²) in [5.41, 5.74) is 2.23. The van der Waals surface area contributed by atoms with Gasteiger partial charge in [-0.05, 0) is 31.4 Å². The third kappa shape index (κ3) is 3.74. The molecule has 118 valence electrons. The maximum atomic E-state index is 12.4. The summed E-state index contributed by atoms with van der Waals surface area (Å²) < 4.78 is 1.74. The summed E-state index contributed by atoms with van der Waals surface area (Å²) in [6, 6.07) is 9.45. The van der Waals surface area contributed by atoms with Crippen molar-refractivity contribution >= 4 is 5.91 Å². The first-order valence-corrected chi connectivity index (χ1v) is 7.54. The van der Waals surface area contributed by atoms with Crippen LogP contribution in [-0.2, 0) is 0 Å². The molecular weight excluding hydrogens is 278 g/mol. The lowest BCUT2D eigenvalue weighted by Crippen LogP contribution is -2.38. The molecule has 1 aromatic carbocycles. The van der Waals surface area contributed by atoms with Crippen molar-refractivity contribution in [3.8, 4) is 5.69 Å². The Morgan fingerprint density at radius 1 is 1.32 bits per heavy atom. The number of amides is 1. The number of aliphatic hydroxyl groups excluding tert-OH is 1. The van der Waals surface area contributed by atoms with Crippen LogP contribution in [0.25, 0.3) is 5.69 Å². The van der Waals surface area contributed by atoms with Crippen molar-refractivity contribution < 1.29 is 9.90 Å². The normalized spacial score (nSPS) is 12.4. The summed E-state index contributed by atoms with van der Waals surface area (Å²) in [7, 11) is 0. The fourth-order valence-corrected chi connectivity index (χ4v) is 2.47. The Hall–Kier alpha value is -2.14. The first-order valence-electron chi connectivity index (χ1n) is 7.54. The highest BCUT2D eigenvalue weighted by Crippen LogP contribution is 2.14. The van der Waals surface area contributed by atoms with Gasteiger partial charge >= 0.3 is 0 Å². The number of aliphatic hydroxyl groups is 1. The van der Waals surface area contributed by atoms with Crippen LogP contribution in [-0.4, -0.2) is 33.4 Å². The summed E-state index contributed by atoms with van der Waals surface area (Å²) in [5.74, 6) is 0.213. The SMILES string of the molecule is Cc1c(C(=O)NC(CO)CC(C)C)cnn1-c1ccccc1. The zero-order valence-electron chi connectivity index (χ0n) is 13.3. The molecule has 2 rings (SSSR count). The van der Waals surface area contributed by atoms with Gasteiger partial charge in [-0.3, -0.25) is 4.79 Å². The molecule has 2 aromatic rings. The van der Waals surface area contributed by atoms with E-state index in [0.29, 0.717) is 11.5 Å². The topological polar surface area (TPSA) is 67.2 Å². The number of hydrogen-bond acceptors (Lipinski definition) is 3. The van der Waals surface area contributed by atoms with E-state index in [-0.39, 0.29) is 18.6 Å². The second-order valence-corrected chi connectivity index (χ2v) is 5.87. The van der Waals surface area contributed by atoms with Crippen LogP contribution in [0.5, 0.6) is 0 Å². The van der Waals surface area contributed by atoms with Gasteiger partial charge in [0.2, 0.25) is 0 Å². The molecule has 0 bridgehead atoms. The fraction of sp³-hybridized carbons (Fsp3) is 0.412. The summed E-state index contributed by atoms with van der Waals surface area (Å²) in [6.45, 7) is 5.93. The Labute approximate surface area is 131 Å². The van der Waals surface area contributed by atoms with Gasteiger partial charge in [0.15, 0.2) is 0 Å². The fourth-order valence-electron chi connectivity index (χ4n) is 2.47. The van der Waals surface area contributed by atoms with Crippen LogP contribution in [0.3, 0.4) is 0 Å². The second-order valence-electron chi connectivity index (χ2n) is 5.87. The molecule has 0 spiro atoms. The first kappa shape index (κ1) is 16.2. The monoisotopic (exact) mass is 301 g/mol. The molecule has 22 heavy (non-hydrogen) atoms. The Balaban J connectivity index is 2.16. The number of hydrogen-bond donors (Lipinski definition) is 2. The van der Waals surface area contributed by atoms with Crippen molar-refractivity contribution in [2.75, 3.05) is 6.61 Å². The van der Waals surface area contributed by atoms with Crippen LogP contribution < -0.4 is 5.32 Å². The third-order valence-corrected chi connectivity index (χ3v) is 3.57. The van der Waals surface area contributed by atoms with Gasteiger partial charge < -0.3 is 10.4 Å². The van der Waals surface area contributed by atoms with Crippen LogP contribution in [0.1, 0.15) is 36.3 Å². The highest BCUT2D eigenvalue weighted by molar-refractivity contribution is 5.95. The van der Waals surface area contributed by atoms with Crippen molar-refractivity contribution in [1.82, 2.24) is 15.1 Å². The number of nitrogens with one attached hydrogen (secondary N) is 1. The van der Waals surface area contributed by atoms with E-state index >= 15 is 0 Å². The van der Waals surface area contributed by atoms with Gasteiger partial charge in [0.1, 0.15) is 0 Å². The lowest BCUT2D eigenvalue weighted by Gasteiger charge is -2.18. The number of carbonyl (C=O) groups is 1. The molecule has 5 nitrogen and oxygen atoms in total. The van der Waals surface area contributed by atoms with Gasteiger partial charge in [0.25, 0.3) is 5.91 Å². The molecule has 1 unspecified atom stereocenters. The maximum absolute atomic E-state index is 12.4. The van der Waals surface area contributed by atoms with Gasteiger partial charge in [-0.1, -0.05) is 32.0 Å². The molecule has 5 heteroatoms. The number of benzene rings is 1. The molecule has 0 aliphatic carbocycles. The molecule has 1 heterocycles. The van der Waals surface area contributed by atoms with E-state index in [4.69, 9.17) is 0 Å². The van der Waals surface area contributed by atoms with Crippen molar-refractivity contribution in [2.45, 2.75) is 33.2 Å². The van der Waals surface area contributed by atoms with Crippen LogP contribution in [0.4, 0.5) is 0 Å². The number of aromatic nitrogens is 2. The zero-order valence-corrected chi connectivity index (χ0v) is 13.3. The highest BCUT2D eigenvalue weighted by Gasteiger charge is 2.19. The zero-order chi connectivity index (χ0) is 16.1. The van der Waals surface area contributed by atoms with Crippen molar-refractivity contribution in [2.24, 2.45) is 5.92 Å². The largest absolute Gasteiger partial charge is 0.394 e. The van der Waals surface area contributed by atoms with Crippen LogP contribution >= 0.6 is 0 Å². The Bertz CT molecular complexity index is 620. The lowest BCUT2D eigenvalue weighted by atomic mass is 10.0. The van der Waals surface area contributed by atoms with E-state index in [0.717, 1.165) is 17.8 Å². The molecular formula is C17H23N3O2. The number of rotatable bonds is 6. The van der Waals surface area contributed by atoms with Crippen molar-refractivity contribution in [3.05, 3.63) is 47.8 Å². The summed E-state index contributed by atoms with van der Waals surface area (Å²) in [4.78, 5) is 12.4. The third-order valence-electron chi connectivity index (χ3n) is 3.57. The highest BCUT2D eigenvalue weighted by atomic mass is 16.3. The molecule has 1 aromatic heterocycles. The molecule has 1 atom stereocenters. The smallest absolute Gasteiger partial charge is 0.255 e. The molecule has 0 aliphatic rings. The van der Waals surface area contributed by atoms with Crippen molar-refractivity contribution in [3.63, 3.8) is 0 Å². The quantitative estimate of drug-likeness (QED) is 0.860. The standard InChI is InChI=1S/C17H23N3O2/c1-12(2)9-14(11-21)19-17(22)16-10-18-20(13(16)3)15-7-5-4-6-8-15/h4-8,10,12,14,21H,9,11H2,1-3H3,(H,19,22). The number of carbonyl (C=O) groups excluding carboxylic acids is 1. The van der Waals surface area contributed by atoms with E-state index < -0.39 is 0 Å². The minimum Gasteiger partial charge on any atom is -0.394 e. The predicted octanol–water partition coefficient (Wildman–Crippen LogP) is 2.32. The number of para-hydroxylation sites is 1. The average Bonchev–Trinajstić information content (AvgIpc) is 2.88. The summed E-state index contributed by atoms with van der Waals surface area (Å²) in [5, 5.41) is 16.6. The molecule has 0 radical (unpaired) electrons. The lowest BCUT2D eigenvalue weighted by molar-refractivity contribution is 0.0907. The summed E-state index contributed by atoms with van der Waals surface area (Å²) >= 11 is 0. The molecule has 0 saturated carbocycles. The molecule has 0 saturated heterocycles. The Morgan fingerprint density at radius 2 is 2.00 bits per heavy atom. The van der Waals surface area contributed by atoms with Gasteiger partial charge in [-0.2, -0.15) is 5.10 Å². The molecule has 0 fully saturated rings. The van der Waals surface area contributed by atoms with E-state index in [1.54, 1.807) is 10.9 Å². The van der Waals surface area contributed by atoms with Crippen molar-refractivity contribution in [1.29, 1.82) is 0 Å². The average molecular weight is 301 g/mol. The van der Waals surface area contributed by atoms with Gasteiger partial charge in [0.05, 0.1) is 35.8 Å². The van der Waals surface area contributed by atoms with E-state index in [1.807, 2.05) is 37.3 Å². The van der Waals surface area contributed by atoms with Crippen LogP contribution in [0.15, 0.2) is 36.5 Å². The van der Waals surface area contributed by atoms with Crippen LogP contribution in [0.2, 0.25) is 0 Å². The van der Waals surface area contributed by atoms with E-state index in [1.165, 1.54) is 0 Å². The van der Waals surface area contributed by atoms with Gasteiger partial charge in [0, 0.05) is 0 Å². The summed E-state index contributed by atoms with van der Waals surface area (Å²) in [6.07, 6.45) is 2.32.